The van der Waals surface area contributed by atoms with E-state index in [9.17, 15) is 9.18 Å². The lowest BCUT2D eigenvalue weighted by atomic mass is 10.1. The van der Waals surface area contributed by atoms with E-state index >= 15 is 0 Å². The van der Waals surface area contributed by atoms with E-state index in [2.05, 4.69) is 20.4 Å². The van der Waals surface area contributed by atoms with E-state index in [1.807, 2.05) is 18.2 Å². The highest BCUT2D eigenvalue weighted by atomic mass is 19.1. The molecule has 0 aromatic heterocycles. The maximum Gasteiger partial charge on any atom is 0.337 e. The van der Waals surface area contributed by atoms with Crippen LogP contribution in [0.3, 0.4) is 0 Å². The highest BCUT2D eigenvalue weighted by Gasteiger charge is 2.04. The van der Waals surface area contributed by atoms with Crippen LogP contribution in [0.4, 0.5) is 4.39 Å². The number of nitrogens with zero attached hydrogens (tertiary/aromatic N) is 1. The second-order valence-corrected chi connectivity index (χ2v) is 5.42. The Bertz CT molecular complexity index is 730. The minimum atomic E-state index is -0.341. The third kappa shape index (κ3) is 5.91. The first-order chi connectivity index (χ1) is 12.1. The number of esters is 1. The Labute approximate surface area is 146 Å². The van der Waals surface area contributed by atoms with Gasteiger partial charge in [-0.2, -0.15) is 0 Å². The summed E-state index contributed by atoms with van der Waals surface area (Å²) in [5, 5.41) is 6.35. The Morgan fingerprint density at radius 3 is 2.52 bits per heavy atom. The summed E-state index contributed by atoms with van der Waals surface area (Å²) >= 11 is 0. The molecule has 0 saturated carbocycles. The molecule has 0 saturated heterocycles. The SMILES string of the molecule is CN=C(NCCc1ccc(C(=O)OC)cc1)NCc1cccc(F)c1. The van der Waals surface area contributed by atoms with E-state index in [0.29, 0.717) is 24.6 Å². The monoisotopic (exact) mass is 343 g/mol. The maximum atomic E-state index is 13.2. The third-order valence-corrected chi connectivity index (χ3v) is 3.65. The normalized spacial score (nSPS) is 11.1. The van der Waals surface area contributed by atoms with Gasteiger partial charge in [0.15, 0.2) is 5.96 Å². The molecule has 25 heavy (non-hydrogen) atoms. The maximum absolute atomic E-state index is 13.2. The Balaban J connectivity index is 1.78. The predicted octanol–water partition coefficient (Wildman–Crippen LogP) is 2.52. The zero-order valence-corrected chi connectivity index (χ0v) is 14.4. The second-order valence-electron chi connectivity index (χ2n) is 5.42. The molecule has 0 spiro atoms. The Hall–Kier alpha value is -2.89. The quantitative estimate of drug-likeness (QED) is 0.481. The number of methoxy groups -OCH3 is 1. The van der Waals surface area contributed by atoms with Gasteiger partial charge in [-0.1, -0.05) is 24.3 Å². The van der Waals surface area contributed by atoms with E-state index in [1.165, 1.54) is 19.2 Å². The van der Waals surface area contributed by atoms with Crippen molar-refractivity contribution in [2.24, 2.45) is 4.99 Å². The van der Waals surface area contributed by atoms with Gasteiger partial charge in [0.1, 0.15) is 5.82 Å². The number of rotatable bonds is 6. The zero-order valence-electron chi connectivity index (χ0n) is 14.4. The van der Waals surface area contributed by atoms with Crippen molar-refractivity contribution in [3.8, 4) is 0 Å². The first-order valence-electron chi connectivity index (χ1n) is 7.98. The van der Waals surface area contributed by atoms with Crippen molar-refractivity contribution in [2.45, 2.75) is 13.0 Å². The fourth-order valence-corrected chi connectivity index (χ4v) is 2.30. The Morgan fingerprint density at radius 2 is 1.88 bits per heavy atom. The van der Waals surface area contributed by atoms with Crippen molar-refractivity contribution in [3.63, 3.8) is 0 Å². The molecule has 0 amide bonds. The standard InChI is InChI=1S/C19H22FN3O2/c1-21-19(23-13-15-4-3-5-17(20)12-15)22-11-10-14-6-8-16(9-7-14)18(24)25-2/h3-9,12H,10-11,13H2,1-2H3,(H2,21,22,23). The van der Waals surface area contributed by atoms with Crippen LogP contribution >= 0.6 is 0 Å². The van der Waals surface area contributed by atoms with Crippen molar-refractivity contribution >= 4 is 11.9 Å². The topological polar surface area (TPSA) is 62.7 Å². The number of benzene rings is 2. The van der Waals surface area contributed by atoms with Crippen molar-refractivity contribution in [1.29, 1.82) is 0 Å². The number of carbonyl (C=O) groups excluding carboxylic acids is 1. The van der Waals surface area contributed by atoms with Gasteiger partial charge in [-0.3, -0.25) is 4.99 Å². The number of nitrogens with one attached hydrogen (secondary N) is 2. The molecule has 0 atom stereocenters. The van der Waals surface area contributed by atoms with Crippen molar-refractivity contribution < 1.29 is 13.9 Å². The molecule has 0 radical (unpaired) electrons. The number of hydrogen-bond acceptors (Lipinski definition) is 3. The van der Waals surface area contributed by atoms with E-state index < -0.39 is 0 Å². The third-order valence-electron chi connectivity index (χ3n) is 3.65. The number of ether oxygens (including phenoxy) is 1. The van der Waals surface area contributed by atoms with Crippen molar-refractivity contribution in [2.75, 3.05) is 20.7 Å². The lowest BCUT2D eigenvalue weighted by Gasteiger charge is -2.12. The number of guanidine groups is 1. The van der Waals surface area contributed by atoms with E-state index in [0.717, 1.165) is 17.5 Å². The molecule has 0 bridgehead atoms. The van der Waals surface area contributed by atoms with Gasteiger partial charge in [-0.25, -0.2) is 9.18 Å². The summed E-state index contributed by atoms with van der Waals surface area (Å²) in [6.07, 6.45) is 0.780. The molecule has 0 aliphatic carbocycles. The van der Waals surface area contributed by atoms with Gasteiger partial charge in [0.25, 0.3) is 0 Å². The summed E-state index contributed by atoms with van der Waals surface area (Å²) in [6.45, 7) is 1.17. The fraction of sp³-hybridized carbons (Fsp3) is 0.263. The first kappa shape index (κ1) is 18.4. The molecule has 132 valence electrons. The molecular formula is C19H22FN3O2. The molecule has 0 fully saturated rings. The molecule has 6 heteroatoms. The lowest BCUT2D eigenvalue weighted by molar-refractivity contribution is 0.0600. The van der Waals surface area contributed by atoms with Crippen LogP contribution in [0.5, 0.6) is 0 Å². The fourth-order valence-electron chi connectivity index (χ4n) is 2.30. The summed E-state index contributed by atoms with van der Waals surface area (Å²) in [4.78, 5) is 15.5. The summed E-state index contributed by atoms with van der Waals surface area (Å²) in [6, 6.07) is 13.7. The Morgan fingerprint density at radius 1 is 1.12 bits per heavy atom. The smallest absolute Gasteiger partial charge is 0.337 e. The van der Waals surface area contributed by atoms with Gasteiger partial charge in [0, 0.05) is 20.1 Å². The van der Waals surface area contributed by atoms with Crippen LogP contribution in [0.1, 0.15) is 21.5 Å². The van der Waals surface area contributed by atoms with Gasteiger partial charge < -0.3 is 15.4 Å². The lowest BCUT2D eigenvalue weighted by Crippen LogP contribution is -2.37. The van der Waals surface area contributed by atoms with Crippen molar-refractivity contribution in [1.82, 2.24) is 10.6 Å². The molecule has 0 heterocycles. The van der Waals surface area contributed by atoms with Crippen LogP contribution in [0.15, 0.2) is 53.5 Å². The second kappa shape index (κ2) is 9.42. The molecule has 2 aromatic carbocycles. The first-order valence-corrected chi connectivity index (χ1v) is 7.98. The molecule has 2 N–H and O–H groups in total. The minimum Gasteiger partial charge on any atom is -0.465 e. The van der Waals surface area contributed by atoms with Crippen molar-refractivity contribution in [3.05, 3.63) is 71.0 Å². The average Bonchev–Trinajstić information content (AvgIpc) is 2.64. The number of hydrogen-bond donors (Lipinski definition) is 2. The molecule has 2 aromatic rings. The van der Waals surface area contributed by atoms with Crippen LogP contribution in [0.2, 0.25) is 0 Å². The molecule has 5 nitrogen and oxygen atoms in total. The highest BCUT2D eigenvalue weighted by Crippen LogP contribution is 2.06. The minimum absolute atomic E-state index is 0.252. The van der Waals surface area contributed by atoms with Gasteiger partial charge in [0.2, 0.25) is 0 Å². The molecule has 0 unspecified atom stereocenters. The van der Waals surface area contributed by atoms with Crippen LogP contribution in [0, 0.1) is 5.82 Å². The largest absolute Gasteiger partial charge is 0.465 e. The molecular weight excluding hydrogens is 321 g/mol. The molecule has 2 rings (SSSR count). The molecule has 0 aliphatic rings. The van der Waals surface area contributed by atoms with Crippen LogP contribution in [-0.4, -0.2) is 32.6 Å². The van der Waals surface area contributed by atoms with Crippen LogP contribution in [0.25, 0.3) is 0 Å². The zero-order chi connectivity index (χ0) is 18.1. The van der Waals surface area contributed by atoms with Gasteiger partial charge >= 0.3 is 5.97 Å². The number of carbonyl (C=O) groups is 1. The van der Waals surface area contributed by atoms with Crippen LogP contribution in [-0.2, 0) is 17.7 Å². The highest BCUT2D eigenvalue weighted by molar-refractivity contribution is 5.89. The predicted molar refractivity (Wildman–Crippen MR) is 96.1 cm³/mol. The van der Waals surface area contributed by atoms with Gasteiger partial charge in [0.05, 0.1) is 12.7 Å². The van der Waals surface area contributed by atoms with E-state index in [4.69, 9.17) is 0 Å². The van der Waals surface area contributed by atoms with E-state index in [-0.39, 0.29) is 11.8 Å². The molecule has 0 aliphatic heterocycles. The summed E-state index contributed by atoms with van der Waals surface area (Å²) in [5.41, 5.74) is 2.48. The Kier molecular flexibility index (Phi) is 6.95. The number of aliphatic imine (C=N–C) groups is 1. The van der Waals surface area contributed by atoms with Gasteiger partial charge in [-0.05, 0) is 41.8 Å². The summed E-state index contributed by atoms with van der Waals surface area (Å²) in [7, 11) is 3.05. The average molecular weight is 343 g/mol. The number of halogens is 1. The van der Waals surface area contributed by atoms with Gasteiger partial charge in [-0.15, -0.1) is 0 Å². The van der Waals surface area contributed by atoms with Crippen LogP contribution < -0.4 is 10.6 Å². The summed E-state index contributed by atoms with van der Waals surface area (Å²) in [5.74, 6) is 0.0553. The summed E-state index contributed by atoms with van der Waals surface area (Å²) < 4.78 is 17.8. The van der Waals surface area contributed by atoms with E-state index in [1.54, 1.807) is 25.2 Å².